The Bertz CT molecular complexity index is 1500. The van der Waals surface area contributed by atoms with E-state index in [4.69, 9.17) is 4.74 Å². The van der Waals surface area contributed by atoms with E-state index >= 15 is 0 Å². The molecule has 3 aromatic carbocycles. The summed E-state index contributed by atoms with van der Waals surface area (Å²) in [6.45, 7) is 1.92. The molecule has 2 bridgehead atoms. The Morgan fingerprint density at radius 3 is 2.44 bits per heavy atom. The zero-order valence-corrected chi connectivity index (χ0v) is 19.8. The van der Waals surface area contributed by atoms with Gasteiger partial charge in [-0.2, -0.15) is 5.26 Å². The van der Waals surface area contributed by atoms with Crippen LogP contribution in [0, 0.1) is 23.2 Å². The lowest BCUT2D eigenvalue weighted by Gasteiger charge is -2.30. The number of nitrogens with zero attached hydrogens (tertiary/aromatic N) is 2. The maximum Gasteiger partial charge on any atom is 0.240 e. The second kappa shape index (κ2) is 7.97. The number of ketones is 1. The number of benzene rings is 3. The van der Waals surface area contributed by atoms with Gasteiger partial charge in [0.15, 0.2) is 5.78 Å². The lowest BCUT2D eigenvalue weighted by atomic mass is 9.67. The van der Waals surface area contributed by atoms with E-state index in [1.165, 1.54) is 11.0 Å². The van der Waals surface area contributed by atoms with Gasteiger partial charge in [-0.25, -0.2) is 4.90 Å². The highest BCUT2D eigenvalue weighted by molar-refractivity contribution is 6.26. The van der Waals surface area contributed by atoms with Gasteiger partial charge >= 0.3 is 0 Å². The zero-order chi connectivity index (χ0) is 25.1. The Labute approximate surface area is 208 Å². The van der Waals surface area contributed by atoms with Gasteiger partial charge in [-0.1, -0.05) is 60.7 Å². The van der Waals surface area contributed by atoms with Crippen LogP contribution in [0.15, 0.2) is 78.9 Å². The number of carbonyl (C=O) groups excluding carboxylic acids is 3. The minimum atomic E-state index is -0.823. The molecular weight excluding hydrogens is 452 g/mol. The summed E-state index contributed by atoms with van der Waals surface area (Å²) in [7, 11) is 0. The van der Waals surface area contributed by atoms with Crippen molar-refractivity contribution in [2.24, 2.45) is 11.8 Å². The van der Waals surface area contributed by atoms with Crippen LogP contribution in [0.5, 0.6) is 0 Å². The lowest BCUT2D eigenvalue weighted by molar-refractivity contribution is -0.130. The highest BCUT2D eigenvalue weighted by atomic mass is 16.5. The quantitative estimate of drug-likeness (QED) is 0.295. The summed E-state index contributed by atoms with van der Waals surface area (Å²) >= 11 is 0. The van der Waals surface area contributed by atoms with Crippen LogP contribution in [0.4, 0.5) is 5.69 Å². The second-order valence-corrected chi connectivity index (χ2v) is 10.1. The fourth-order valence-electron chi connectivity index (χ4n) is 6.43. The van der Waals surface area contributed by atoms with Gasteiger partial charge in [-0.05, 0) is 44.4 Å². The van der Waals surface area contributed by atoms with Gasteiger partial charge in [0.25, 0.3) is 0 Å². The molecule has 4 atom stereocenters. The number of ether oxygens (including phenoxy) is 1. The monoisotopic (exact) mass is 476 g/mol. The number of carbonyl (C=O) groups is 3. The molecule has 0 aliphatic carbocycles. The Hall–Kier alpha value is -4.08. The average molecular weight is 477 g/mol. The average Bonchev–Trinajstić information content (AvgIpc) is 3.48. The number of nitriles is 1. The molecule has 3 aliphatic heterocycles. The van der Waals surface area contributed by atoms with Crippen LogP contribution in [0.2, 0.25) is 0 Å². The van der Waals surface area contributed by atoms with E-state index < -0.39 is 23.0 Å². The number of allylic oxidation sites excluding steroid dienone is 1. The van der Waals surface area contributed by atoms with Crippen molar-refractivity contribution < 1.29 is 19.1 Å². The zero-order valence-electron chi connectivity index (χ0n) is 19.8. The fourth-order valence-corrected chi connectivity index (χ4v) is 6.43. The normalized spacial score (nSPS) is 28.7. The van der Waals surface area contributed by atoms with Crippen LogP contribution in [-0.2, 0) is 14.3 Å². The summed E-state index contributed by atoms with van der Waals surface area (Å²) in [5, 5.41) is 10.9. The molecule has 0 radical (unpaired) electrons. The summed E-state index contributed by atoms with van der Waals surface area (Å²) in [5.41, 5.74) is 0.0390. The predicted molar refractivity (Wildman–Crippen MR) is 134 cm³/mol. The first kappa shape index (κ1) is 22.4. The van der Waals surface area contributed by atoms with Crippen LogP contribution in [0.25, 0.3) is 10.8 Å². The molecule has 3 fully saturated rings. The molecule has 4 unspecified atom stereocenters. The van der Waals surface area contributed by atoms with E-state index in [0.717, 1.165) is 0 Å². The first-order valence-electron chi connectivity index (χ1n) is 12.1. The smallest absolute Gasteiger partial charge is 0.240 e. The van der Waals surface area contributed by atoms with Gasteiger partial charge in [0, 0.05) is 16.3 Å². The Kier molecular flexibility index (Phi) is 4.96. The van der Waals surface area contributed by atoms with Crippen LogP contribution >= 0.6 is 0 Å². The maximum absolute atomic E-state index is 13.9. The first-order chi connectivity index (χ1) is 17.4. The molecule has 3 aliphatic rings. The molecule has 6 rings (SSSR count). The summed E-state index contributed by atoms with van der Waals surface area (Å²) < 4.78 is 6.48. The molecule has 3 heterocycles. The first-order valence-corrected chi connectivity index (χ1v) is 12.1. The Morgan fingerprint density at radius 1 is 1.00 bits per heavy atom. The predicted octanol–water partition coefficient (Wildman–Crippen LogP) is 4.97. The number of hydrogen-bond donors (Lipinski definition) is 0. The van der Waals surface area contributed by atoms with Gasteiger partial charge < -0.3 is 4.74 Å². The summed E-state index contributed by atoms with van der Waals surface area (Å²) in [6.07, 6.45) is 5.01. The summed E-state index contributed by atoms with van der Waals surface area (Å²) in [5.74, 6) is -1.83. The van der Waals surface area contributed by atoms with Crippen LogP contribution in [0.3, 0.4) is 0 Å². The third-order valence-electron chi connectivity index (χ3n) is 8.07. The molecule has 6 heteroatoms. The lowest BCUT2D eigenvalue weighted by Crippen LogP contribution is -2.41. The maximum atomic E-state index is 13.9. The highest BCUT2D eigenvalue weighted by Gasteiger charge is 2.73. The van der Waals surface area contributed by atoms with Crippen molar-refractivity contribution in [1.29, 1.82) is 5.26 Å². The van der Waals surface area contributed by atoms with E-state index in [9.17, 15) is 19.6 Å². The number of fused-ring (bicyclic) bond motifs is 6. The largest absolute Gasteiger partial charge is 0.367 e. The van der Waals surface area contributed by atoms with Crippen molar-refractivity contribution in [3.63, 3.8) is 0 Å². The van der Waals surface area contributed by atoms with Crippen molar-refractivity contribution in [3.05, 3.63) is 90.0 Å². The third-order valence-corrected chi connectivity index (χ3v) is 8.07. The van der Waals surface area contributed by atoms with Crippen molar-refractivity contribution >= 4 is 34.1 Å². The molecule has 3 aromatic rings. The van der Waals surface area contributed by atoms with Gasteiger partial charge in [-0.3, -0.25) is 14.4 Å². The summed E-state index contributed by atoms with van der Waals surface area (Å²) in [6, 6.07) is 21.9. The second-order valence-electron chi connectivity index (χ2n) is 10.1. The minimum absolute atomic E-state index is 0.109. The van der Waals surface area contributed by atoms with Crippen LogP contribution in [0.1, 0.15) is 42.1 Å². The van der Waals surface area contributed by atoms with Gasteiger partial charge in [0.1, 0.15) is 0 Å². The highest BCUT2D eigenvalue weighted by Crippen LogP contribution is 2.62. The minimum Gasteiger partial charge on any atom is -0.367 e. The molecule has 6 nitrogen and oxygen atoms in total. The Balaban J connectivity index is 1.35. The van der Waals surface area contributed by atoms with Crippen molar-refractivity contribution in [2.45, 2.75) is 37.4 Å². The topological polar surface area (TPSA) is 87.5 Å². The Morgan fingerprint density at radius 2 is 1.69 bits per heavy atom. The number of amides is 2. The van der Waals surface area contributed by atoms with Crippen molar-refractivity contribution in [3.8, 4) is 6.07 Å². The molecule has 0 spiro atoms. The molecule has 36 heavy (non-hydrogen) atoms. The number of imide groups is 1. The molecule has 0 aromatic heterocycles. The molecule has 3 saturated heterocycles. The van der Waals surface area contributed by atoms with E-state index in [1.807, 2.05) is 49.4 Å². The van der Waals surface area contributed by atoms with E-state index in [0.29, 0.717) is 46.8 Å². The van der Waals surface area contributed by atoms with Gasteiger partial charge in [0.05, 0.1) is 40.4 Å². The van der Waals surface area contributed by atoms with Crippen molar-refractivity contribution in [2.75, 3.05) is 4.90 Å². The van der Waals surface area contributed by atoms with Gasteiger partial charge in [0.2, 0.25) is 11.8 Å². The van der Waals surface area contributed by atoms with E-state index in [2.05, 4.69) is 6.07 Å². The van der Waals surface area contributed by atoms with E-state index in [1.54, 1.807) is 30.3 Å². The van der Waals surface area contributed by atoms with E-state index in [-0.39, 0.29) is 17.6 Å². The van der Waals surface area contributed by atoms with Crippen LogP contribution in [-0.4, -0.2) is 28.8 Å². The number of anilines is 1. The number of rotatable bonds is 5. The molecule has 0 N–H and O–H groups in total. The third kappa shape index (κ3) is 3.09. The van der Waals surface area contributed by atoms with Crippen LogP contribution < -0.4 is 4.90 Å². The SMILES string of the molecule is CC12CCC(CC=CC(=O)c3ccccc3)(O1)C1C(=O)N(c3ccc(C#N)c4ccccc34)C(=O)C12. The summed E-state index contributed by atoms with van der Waals surface area (Å²) in [4.78, 5) is 41.6. The van der Waals surface area contributed by atoms with Crippen molar-refractivity contribution in [1.82, 2.24) is 0 Å². The molecular formula is C30H24N2O4. The fraction of sp³-hybridized carbons (Fsp3) is 0.267. The molecule has 2 amide bonds. The number of hydrogen-bond acceptors (Lipinski definition) is 5. The standard InChI is InChI=1S/C30H24N2O4/c1-29-16-17-30(36-29,15-7-12-24(33)19-8-3-2-4-9-19)26-25(29)27(34)32(28(26)35)23-14-13-20(18-31)21-10-5-6-11-22(21)23/h2-14,25-26H,15-17H2,1H3. The van der Waals surface area contributed by atoms with Gasteiger partial charge in [-0.15, -0.1) is 0 Å². The molecule has 0 saturated carbocycles. The molecule has 178 valence electrons.